The quantitative estimate of drug-likeness (QED) is 0.382. The maximum atomic E-state index is 10.6. The van der Waals surface area contributed by atoms with Crippen molar-refractivity contribution in [2.75, 3.05) is 0 Å². The highest BCUT2D eigenvalue weighted by Gasteiger charge is 2.36. The summed E-state index contributed by atoms with van der Waals surface area (Å²) in [5.74, 6) is 0. The normalized spacial score (nSPS) is 12.6. The summed E-state index contributed by atoms with van der Waals surface area (Å²) < 4.78 is 0. The zero-order valence-electron chi connectivity index (χ0n) is 8.36. The molecular formula is C9H13N3O2. The van der Waals surface area contributed by atoms with Crippen LogP contribution in [0.2, 0.25) is 0 Å². The Bertz CT molecular complexity index is 285. The van der Waals surface area contributed by atoms with Crippen molar-refractivity contribution in [2.24, 2.45) is 0 Å². The van der Waals surface area contributed by atoms with E-state index in [1.807, 2.05) is 6.07 Å². The minimum absolute atomic E-state index is 0.200. The van der Waals surface area contributed by atoms with Crippen LogP contribution in [0.3, 0.4) is 0 Å². The van der Waals surface area contributed by atoms with Crippen molar-refractivity contribution in [2.45, 2.75) is 44.7 Å². The van der Waals surface area contributed by atoms with Gasteiger partial charge < -0.3 is 4.85 Å². The van der Waals surface area contributed by atoms with Crippen molar-refractivity contribution in [1.82, 2.24) is 0 Å². The van der Waals surface area contributed by atoms with E-state index in [1.165, 1.54) is 13.8 Å². The fourth-order valence-corrected chi connectivity index (χ4v) is 1.09. The van der Waals surface area contributed by atoms with Crippen molar-refractivity contribution in [3.63, 3.8) is 0 Å². The fourth-order valence-electron chi connectivity index (χ4n) is 1.09. The molecule has 0 aliphatic heterocycles. The van der Waals surface area contributed by atoms with Gasteiger partial charge in [-0.1, -0.05) is 0 Å². The van der Waals surface area contributed by atoms with E-state index < -0.39 is 11.6 Å². The van der Waals surface area contributed by atoms with Gasteiger partial charge in [-0.05, 0) is 0 Å². The molecule has 0 aliphatic carbocycles. The van der Waals surface area contributed by atoms with Crippen molar-refractivity contribution >= 4 is 0 Å². The van der Waals surface area contributed by atoms with E-state index in [0.717, 1.165) is 0 Å². The molecule has 0 aromatic carbocycles. The Morgan fingerprint density at radius 1 is 1.71 bits per heavy atom. The zero-order valence-corrected chi connectivity index (χ0v) is 8.36. The molecule has 0 rings (SSSR count). The van der Waals surface area contributed by atoms with Gasteiger partial charge in [-0.25, -0.2) is 6.57 Å². The summed E-state index contributed by atoms with van der Waals surface area (Å²) in [4.78, 5) is 13.5. The molecule has 0 spiro atoms. The average Bonchev–Trinajstić information content (AvgIpc) is 2.11. The Morgan fingerprint density at radius 3 is 2.64 bits per heavy atom. The van der Waals surface area contributed by atoms with Gasteiger partial charge in [0.15, 0.2) is 0 Å². The summed E-state index contributed by atoms with van der Waals surface area (Å²) in [6, 6.07) is 1.51. The van der Waals surface area contributed by atoms with Gasteiger partial charge in [0.2, 0.25) is 11.6 Å². The van der Waals surface area contributed by atoms with Gasteiger partial charge in [0.05, 0.1) is 12.5 Å². The van der Waals surface area contributed by atoms with E-state index in [4.69, 9.17) is 11.8 Å². The van der Waals surface area contributed by atoms with Gasteiger partial charge in [0.1, 0.15) is 0 Å². The van der Waals surface area contributed by atoms with Crippen LogP contribution in [0.15, 0.2) is 0 Å². The first-order chi connectivity index (χ1) is 6.44. The summed E-state index contributed by atoms with van der Waals surface area (Å²) in [6.07, 6.45) is 0.892. The highest BCUT2D eigenvalue weighted by Crippen LogP contribution is 2.20. The molecule has 0 fully saturated rings. The summed E-state index contributed by atoms with van der Waals surface area (Å²) in [7, 11) is 0. The first kappa shape index (κ1) is 12.4. The molecule has 0 aromatic heterocycles. The molecule has 0 heterocycles. The lowest BCUT2D eigenvalue weighted by atomic mass is 9.94. The van der Waals surface area contributed by atoms with Crippen LogP contribution < -0.4 is 0 Å². The maximum Gasteiger partial charge on any atom is 0.231 e. The number of hydrogen-bond acceptors (Lipinski definition) is 3. The van der Waals surface area contributed by atoms with Crippen LogP contribution in [0.5, 0.6) is 0 Å². The Kier molecular flexibility index (Phi) is 4.58. The van der Waals surface area contributed by atoms with Crippen LogP contribution in [0.4, 0.5) is 0 Å². The fraction of sp³-hybridized carbons (Fsp3) is 0.778. The lowest BCUT2D eigenvalue weighted by molar-refractivity contribution is -0.561. The zero-order chi connectivity index (χ0) is 11.2. The van der Waals surface area contributed by atoms with Gasteiger partial charge >= 0.3 is 0 Å². The van der Waals surface area contributed by atoms with E-state index in [2.05, 4.69) is 4.85 Å². The predicted octanol–water partition coefficient (Wildman–Crippen LogP) is 2.02. The molecule has 0 N–H and O–H groups in total. The number of nitrogens with zero attached hydrogens (tertiary/aromatic N) is 3. The SMILES string of the molecule is [C-]#[N+][C@@H](CCC#N)CC(C)(C)[N+](=O)[O-]. The molecule has 5 nitrogen and oxygen atoms in total. The minimum atomic E-state index is -1.08. The Balaban J connectivity index is 4.27. The summed E-state index contributed by atoms with van der Waals surface area (Å²) in [5, 5.41) is 18.9. The second kappa shape index (κ2) is 5.18. The molecule has 5 heteroatoms. The Hall–Kier alpha value is -1.62. The molecule has 0 bridgehead atoms. The third kappa shape index (κ3) is 3.86. The second-order valence-electron chi connectivity index (χ2n) is 3.75. The lowest BCUT2D eigenvalue weighted by Crippen LogP contribution is -2.34. The molecule has 0 amide bonds. The third-order valence-electron chi connectivity index (χ3n) is 2.00. The standard InChI is InChI=1S/C9H13N3O2/c1-9(2,12(13)14)7-8(11-3)5-4-6-10/h8H,4-5,7H2,1-2H3/t8-/m0/s1. The molecule has 14 heavy (non-hydrogen) atoms. The van der Waals surface area contributed by atoms with Crippen molar-refractivity contribution in [3.8, 4) is 6.07 Å². The number of hydrogen-bond donors (Lipinski definition) is 0. The molecule has 0 aliphatic rings. The summed E-state index contributed by atoms with van der Waals surface area (Å²) >= 11 is 0. The van der Waals surface area contributed by atoms with Gasteiger partial charge in [-0.15, -0.1) is 0 Å². The van der Waals surface area contributed by atoms with Crippen molar-refractivity contribution < 1.29 is 4.92 Å². The number of nitriles is 1. The van der Waals surface area contributed by atoms with E-state index in [1.54, 1.807) is 0 Å². The largest absolute Gasteiger partial charge is 0.313 e. The van der Waals surface area contributed by atoms with Crippen LogP contribution in [-0.2, 0) is 0 Å². The Morgan fingerprint density at radius 2 is 2.29 bits per heavy atom. The van der Waals surface area contributed by atoms with Crippen LogP contribution >= 0.6 is 0 Å². The smallest absolute Gasteiger partial charge is 0.231 e. The highest BCUT2D eigenvalue weighted by atomic mass is 16.6. The maximum absolute atomic E-state index is 10.6. The second-order valence-corrected chi connectivity index (χ2v) is 3.75. The molecule has 0 aromatic rings. The first-order valence-electron chi connectivity index (χ1n) is 4.32. The van der Waals surface area contributed by atoms with Crippen molar-refractivity contribution in [3.05, 3.63) is 21.5 Å². The van der Waals surface area contributed by atoms with Gasteiger partial charge in [-0.3, -0.25) is 10.1 Å². The van der Waals surface area contributed by atoms with Gasteiger partial charge in [-0.2, -0.15) is 5.26 Å². The Labute approximate surface area is 83.3 Å². The van der Waals surface area contributed by atoms with E-state index >= 15 is 0 Å². The molecule has 0 radical (unpaired) electrons. The van der Waals surface area contributed by atoms with E-state index in [9.17, 15) is 10.1 Å². The van der Waals surface area contributed by atoms with Crippen LogP contribution in [0.1, 0.15) is 33.1 Å². The molecular weight excluding hydrogens is 182 g/mol. The number of rotatable bonds is 5. The molecule has 0 unspecified atom stereocenters. The minimum Gasteiger partial charge on any atom is -0.313 e. The number of nitro groups is 1. The molecule has 1 atom stereocenters. The monoisotopic (exact) mass is 195 g/mol. The van der Waals surface area contributed by atoms with Crippen LogP contribution in [0, 0.1) is 28.0 Å². The average molecular weight is 195 g/mol. The van der Waals surface area contributed by atoms with E-state index in [0.29, 0.717) is 6.42 Å². The summed E-state index contributed by atoms with van der Waals surface area (Å²) in [6.45, 7) is 9.85. The van der Waals surface area contributed by atoms with Crippen LogP contribution in [-0.4, -0.2) is 16.5 Å². The molecule has 76 valence electrons. The van der Waals surface area contributed by atoms with Gasteiger partial charge in [0, 0.05) is 31.6 Å². The van der Waals surface area contributed by atoms with Gasteiger partial charge in [0.25, 0.3) is 0 Å². The first-order valence-corrected chi connectivity index (χ1v) is 4.32. The van der Waals surface area contributed by atoms with Crippen LogP contribution in [0.25, 0.3) is 4.85 Å². The summed E-state index contributed by atoms with van der Waals surface area (Å²) in [5.41, 5.74) is -1.08. The highest BCUT2D eigenvalue weighted by molar-refractivity contribution is 4.88. The lowest BCUT2D eigenvalue weighted by Gasteiger charge is -2.15. The molecule has 0 saturated heterocycles. The topological polar surface area (TPSA) is 71.3 Å². The van der Waals surface area contributed by atoms with E-state index in [-0.39, 0.29) is 17.8 Å². The van der Waals surface area contributed by atoms with Crippen molar-refractivity contribution in [1.29, 1.82) is 5.26 Å². The molecule has 0 saturated carbocycles. The predicted molar refractivity (Wildman–Crippen MR) is 50.9 cm³/mol. The third-order valence-corrected chi connectivity index (χ3v) is 2.00.